The zero-order valence-corrected chi connectivity index (χ0v) is 8.43. The first-order valence-corrected chi connectivity index (χ1v) is 4.70. The highest BCUT2D eigenvalue weighted by atomic mass is 16.3. The average molecular weight is 228 g/mol. The maximum Gasteiger partial charge on any atom is 0.309 e. The van der Waals surface area contributed by atoms with E-state index in [9.17, 15) is 19.8 Å². The Morgan fingerprint density at radius 1 is 1.12 bits per heavy atom. The minimum absolute atomic E-state index is 0.0477. The predicted molar refractivity (Wildman–Crippen MR) is 52.1 cm³/mol. The number of allylic oxidation sites excluding steroid dienone is 1. The van der Waals surface area contributed by atoms with Gasteiger partial charge in [0, 0.05) is 6.42 Å². The molecule has 1 aliphatic heterocycles. The second-order valence-electron chi connectivity index (χ2n) is 3.11. The molecule has 0 saturated carbocycles. The Hall–Kier alpha value is -2.12. The van der Waals surface area contributed by atoms with E-state index in [2.05, 4.69) is 15.9 Å². The lowest BCUT2D eigenvalue weighted by Crippen LogP contribution is -2.35. The van der Waals surface area contributed by atoms with Crippen molar-refractivity contribution in [1.29, 1.82) is 0 Å². The summed E-state index contributed by atoms with van der Waals surface area (Å²) in [7, 11) is 0. The number of hydrazine groups is 1. The number of aliphatic hydroxyl groups excluding tert-OH is 2. The van der Waals surface area contributed by atoms with Crippen LogP contribution in [0, 0.1) is 0 Å². The summed E-state index contributed by atoms with van der Waals surface area (Å²) in [6, 6.07) is 0. The Morgan fingerprint density at radius 3 is 2.62 bits per heavy atom. The monoisotopic (exact) mass is 228 g/mol. The van der Waals surface area contributed by atoms with Crippen LogP contribution in [0.25, 0.3) is 0 Å². The van der Waals surface area contributed by atoms with Crippen LogP contribution in [0.4, 0.5) is 0 Å². The van der Waals surface area contributed by atoms with Crippen molar-refractivity contribution in [2.45, 2.75) is 19.3 Å². The van der Waals surface area contributed by atoms with Crippen LogP contribution in [0.2, 0.25) is 0 Å². The molecule has 0 aromatic rings. The number of nitrogens with one attached hydrogen (secondary N) is 2. The normalized spacial score (nSPS) is 19.5. The van der Waals surface area contributed by atoms with Gasteiger partial charge in [0.25, 0.3) is 0 Å². The van der Waals surface area contributed by atoms with E-state index < -0.39 is 23.2 Å². The molecule has 1 heterocycles. The van der Waals surface area contributed by atoms with Gasteiger partial charge in [0.2, 0.25) is 17.3 Å². The molecule has 0 bridgehead atoms. The fourth-order valence-electron chi connectivity index (χ4n) is 1.05. The number of nitrogens with zero attached hydrogens (tertiary/aromatic N) is 2. The van der Waals surface area contributed by atoms with Gasteiger partial charge >= 0.3 is 5.91 Å². The number of ketones is 1. The molecule has 0 fully saturated rings. The molecule has 0 aromatic heterocycles. The average Bonchev–Trinajstić information content (AvgIpc) is 2.28. The fraction of sp³-hybridized carbons (Fsp3) is 0.500. The lowest BCUT2D eigenvalue weighted by molar-refractivity contribution is -0.123. The van der Waals surface area contributed by atoms with Gasteiger partial charge in [-0.25, -0.2) is 5.43 Å². The van der Waals surface area contributed by atoms with Gasteiger partial charge in [-0.2, -0.15) is 10.6 Å². The summed E-state index contributed by atoms with van der Waals surface area (Å²) < 4.78 is 0. The molecule has 0 spiro atoms. The molecule has 1 amide bonds. The van der Waals surface area contributed by atoms with Crippen molar-refractivity contribution in [2.75, 3.05) is 6.54 Å². The Balaban J connectivity index is 2.80. The zero-order chi connectivity index (χ0) is 12.0. The van der Waals surface area contributed by atoms with Crippen molar-refractivity contribution in [2.24, 2.45) is 10.3 Å². The summed E-state index contributed by atoms with van der Waals surface area (Å²) in [4.78, 5) is 22.4. The van der Waals surface area contributed by atoms with Gasteiger partial charge < -0.3 is 10.2 Å². The molecule has 88 valence electrons. The van der Waals surface area contributed by atoms with Gasteiger partial charge in [-0.3, -0.25) is 9.59 Å². The second kappa shape index (κ2) is 5.69. The van der Waals surface area contributed by atoms with Crippen LogP contribution in [0.1, 0.15) is 19.3 Å². The van der Waals surface area contributed by atoms with Crippen molar-refractivity contribution in [3.8, 4) is 0 Å². The van der Waals surface area contributed by atoms with Crippen molar-refractivity contribution in [3.63, 3.8) is 0 Å². The van der Waals surface area contributed by atoms with Gasteiger partial charge in [-0.05, 0) is 12.8 Å². The van der Waals surface area contributed by atoms with Crippen molar-refractivity contribution < 1.29 is 19.8 Å². The molecule has 0 aliphatic carbocycles. The van der Waals surface area contributed by atoms with E-state index in [1.807, 2.05) is 5.43 Å². The molecule has 1 aliphatic rings. The van der Waals surface area contributed by atoms with Crippen LogP contribution in [0.15, 0.2) is 21.9 Å². The SMILES string of the molecule is O=C1CCCCN=NNNC(=O)C(O)=C1O. The third-order valence-corrected chi connectivity index (χ3v) is 1.91. The minimum Gasteiger partial charge on any atom is -0.502 e. The number of rotatable bonds is 0. The molecular formula is C8H12N4O4. The molecular weight excluding hydrogens is 216 g/mol. The highest BCUT2D eigenvalue weighted by Crippen LogP contribution is 2.06. The lowest BCUT2D eigenvalue weighted by Gasteiger charge is -2.06. The number of hydrogen-bond acceptors (Lipinski definition) is 7. The van der Waals surface area contributed by atoms with E-state index in [-0.39, 0.29) is 6.42 Å². The summed E-state index contributed by atoms with van der Waals surface area (Å²) in [5, 5.41) is 25.4. The molecule has 8 nitrogen and oxygen atoms in total. The molecule has 1 rings (SSSR count). The first kappa shape index (κ1) is 12.0. The van der Waals surface area contributed by atoms with E-state index in [4.69, 9.17) is 0 Å². The number of aliphatic hydroxyl groups is 2. The molecule has 4 N–H and O–H groups in total. The van der Waals surface area contributed by atoms with Gasteiger partial charge in [0.1, 0.15) is 0 Å². The number of hydrogen-bond donors (Lipinski definition) is 4. The maximum absolute atomic E-state index is 11.3. The number of Topliss-reactive ketones (excluding diaryl/α,β-unsaturated/α-hetero) is 1. The summed E-state index contributed by atoms with van der Waals surface area (Å²) >= 11 is 0. The Kier molecular flexibility index (Phi) is 4.25. The highest BCUT2D eigenvalue weighted by Gasteiger charge is 2.19. The zero-order valence-electron chi connectivity index (χ0n) is 8.43. The lowest BCUT2D eigenvalue weighted by atomic mass is 10.1. The summed E-state index contributed by atoms with van der Waals surface area (Å²) in [6.45, 7) is 0.409. The van der Waals surface area contributed by atoms with Crippen molar-refractivity contribution in [1.82, 2.24) is 11.0 Å². The first-order chi connectivity index (χ1) is 7.63. The van der Waals surface area contributed by atoms with Crippen LogP contribution >= 0.6 is 0 Å². The van der Waals surface area contributed by atoms with Crippen LogP contribution in [0.5, 0.6) is 0 Å². The smallest absolute Gasteiger partial charge is 0.309 e. The largest absolute Gasteiger partial charge is 0.502 e. The van der Waals surface area contributed by atoms with E-state index in [1.54, 1.807) is 0 Å². The van der Waals surface area contributed by atoms with E-state index in [0.717, 1.165) is 0 Å². The van der Waals surface area contributed by atoms with E-state index in [1.165, 1.54) is 0 Å². The molecule has 0 atom stereocenters. The Morgan fingerprint density at radius 2 is 1.88 bits per heavy atom. The standard InChI is InChI=1S/C8H12N4O4/c13-5-3-1-2-4-9-11-12-10-8(16)7(15)6(5)14/h14-15H,1-4H2,(H,9,12)(H,10,11,16). The van der Waals surface area contributed by atoms with E-state index >= 15 is 0 Å². The molecule has 0 unspecified atom stereocenters. The van der Waals surface area contributed by atoms with Gasteiger partial charge in [-0.15, -0.1) is 0 Å². The van der Waals surface area contributed by atoms with Gasteiger partial charge in [0.15, 0.2) is 0 Å². The van der Waals surface area contributed by atoms with Crippen LogP contribution < -0.4 is 11.0 Å². The maximum atomic E-state index is 11.3. The van der Waals surface area contributed by atoms with Crippen LogP contribution in [-0.2, 0) is 9.59 Å². The van der Waals surface area contributed by atoms with Crippen LogP contribution in [-0.4, -0.2) is 28.4 Å². The quantitative estimate of drug-likeness (QED) is 0.466. The Labute approximate surface area is 91.0 Å². The van der Waals surface area contributed by atoms with Gasteiger partial charge in [-0.1, -0.05) is 5.22 Å². The molecule has 16 heavy (non-hydrogen) atoms. The van der Waals surface area contributed by atoms with E-state index in [0.29, 0.717) is 19.4 Å². The third-order valence-electron chi connectivity index (χ3n) is 1.91. The number of amides is 1. The summed E-state index contributed by atoms with van der Waals surface area (Å²) in [5.41, 5.74) is 3.99. The Bertz CT molecular complexity index is 350. The highest BCUT2D eigenvalue weighted by molar-refractivity contribution is 6.02. The van der Waals surface area contributed by atoms with Crippen molar-refractivity contribution >= 4 is 11.7 Å². The fourth-order valence-corrected chi connectivity index (χ4v) is 1.05. The molecule has 0 saturated heterocycles. The molecule has 8 heteroatoms. The third kappa shape index (κ3) is 3.23. The summed E-state index contributed by atoms with van der Waals surface area (Å²) in [5.74, 6) is -3.69. The molecule has 0 radical (unpaired) electrons. The molecule has 0 aromatic carbocycles. The number of carbonyl (C=O) groups is 2. The topological polar surface area (TPSA) is 123 Å². The second-order valence-corrected chi connectivity index (χ2v) is 3.11. The number of carbonyl (C=O) groups excluding carboxylic acids is 2. The first-order valence-electron chi connectivity index (χ1n) is 4.70. The van der Waals surface area contributed by atoms with Crippen LogP contribution in [0.3, 0.4) is 0 Å². The predicted octanol–water partition coefficient (Wildman–Crippen LogP) is 0.0550. The van der Waals surface area contributed by atoms with Gasteiger partial charge in [0.05, 0.1) is 6.54 Å². The summed E-state index contributed by atoms with van der Waals surface area (Å²) in [6.07, 6.45) is 1.17. The minimum atomic E-state index is -1.05. The van der Waals surface area contributed by atoms with Crippen molar-refractivity contribution in [3.05, 3.63) is 11.5 Å².